The lowest BCUT2D eigenvalue weighted by molar-refractivity contribution is -0.114. The van der Waals surface area contributed by atoms with Gasteiger partial charge in [0.2, 0.25) is 15.9 Å². The van der Waals surface area contributed by atoms with E-state index in [2.05, 4.69) is 5.32 Å². The molecule has 4 rings (SSSR count). The Morgan fingerprint density at radius 1 is 1.03 bits per heavy atom. The maximum absolute atomic E-state index is 13.1. The number of rotatable bonds is 4. The summed E-state index contributed by atoms with van der Waals surface area (Å²) in [7, 11) is -2.27. The van der Waals surface area contributed by atoms with Crippen molar-refractivity contribution >= 4 is 38.6 Å². The Hall–Kier alpha value is -3.44. The minimum Gasteiger partial charge on any atom is -0.408 e. The molecule has 0 bridgehead atoms. The smallest absolute Gasteiger partial charge is 0.408 e. The molecule has 1 saturated heterocycles. The number of oxazole rings is 1. The first kappa shape index (κ1) is 22.7. The summed E-state index contributed by atoms with van der Waals surface area (Å²) in [6, 6.07) is 9.41. The highest BCUT2D eigenvalue weighted by Gasteiger charge is 2.31. The van der Waals surface area contributed by atoms with Crippen molar-refractivity contribution in [2.24, 2.45) is 7.05 Å². The molecule has 3 aromatic rings. The minimum absolute atomic E-state index is 0.0302. The maximum Gasteiger partial charge on any atom is 0.419 e. The third kappa shape index (κ3) is 4.29. The van der Waals surface area contributed by atoms with Gasteiger partial charge in [-0.2, -0.15) is 4.31 Å². The van der Waals surface area contributed by atoms with Crippen LogP contribution in [0.25, 0.3) is 11.1 Å². The van der Waals surface area contributed by atoms with Crippen molar-refractivity contribution in [1.82, 2.24) is 13.8 Å². The van der Waals surface area contributed by atoms with Crippen LogP contribution in [0, 0.1) is 6.92 Å². The molecule has 33 heavy (non-hydrogen) atoms. The largest absolute Gasteiger partial charge is 0.419 e. The minimum atomic E-state index is -3.82. The van der Waals surface area contributed by atoms with E-state index in [0.29, 0.717) is 16.8 Å². The Balaban J connectivity index is 1.49. The van der Waals surface area contributed by atoms with E-state index in [1.54, 1.807) is 30.1 Å². The number of sulfonamides is 1. The zero-order valence-corrected chi connectivity index (χ0v) is 19.3. The van der Waals surface area contributed by atoms with Gasteiger partial charge >= 0.3 is 5.76 Å². The highest BCUT2D eigenvalue weighted by molar-refractivity contribution is 7.89. The Bertz CT molecular complexity index is 1410. The van der Waals surface area contributed by atoms with Crippen molar-refractivity contribution in [2.75, 3.05) is 31.5 Å². The molecule has 2 amide bonds. The fourth-order valence-corrected chi connectivity index (χ4v) is 5.26. The lowest BCUT2D eigenvalue weighted by Gasteiger charge is -2.34. The van der Waals surface area contributed by atoms with E-state index in [0.717, 1.165) is 5.56 Å². The zero-order chi connectivity index (χ0) is 23.9. The number of hydrogen-bond donors (Lipinski definition) is 1. The van der Waals surface area contributed by atoms with Crippen LogP contribution in [-0.2, 0) is 21.9 Å². The van der Waals surface area contributed by atoms with Crippen LogP contribution >= 0.6 is 0 Å². The van der Waals surface area contributed by atoms with Gasteiger partial charge in [-0.3, -0.25) is 14.2 Å². The number of nitrogens with zero attached hydrogens (tertiary/aromatic N) is 3. The maximum atomic E-state index is 13.1. The number of nitrogens with one attached hydrogen (secondary N) is 1. The molecule has 0 saturated carbocycles. The van der Waals surface area contributed by atoms with Crippen molar-refractivity contribution in [3.05, 3.63) is 58.1 Å². The van der Waals surface area contributed by atoms with Crippen molar-refractivity contribution in [2.45, 2.75) is 18.7 Å². The van der Waals surface area contributed by atoms with Gasteiger partial charge in [0.25, 0.3) is 5.91 Å². The van der Waals surface area contributed by atoms with E-state index in [4.69, 9.17) is 4.42 Å². The van der Waals surface area contributed by atoms with Gasteiger partial charge < -0.3 is 14.6 Å². The van der Waals surface area contributed by atoms with Crippen molar-refractivity contribution in [3.8, 4) is 0 Å². The molecule has 2 heterocycles. The molecule has 0 aliphatic carbocycles. The Morgan fingerprint density at radius 2 is 1.73 bits per heavy atom. The third-order valence-corrected chi connectivity index (χ3v) is 7.62. The van der Waals surface area contributed by atoms with Gasteiger partial charge in [0, 0.05) is 57.5 Å². The van der Waals surface area contributed by atoms with Crippen molar-refractivity contribution in [1.29, 1.82) is 0 Å². The molecule has 0 radical (unpaired) electrons. The van der Waals surface area contributed by atoms with Crippen molar-refractivity contribution < 1.29 is 22.4 Å². The van der Waals surface area contributed by atoms with Crippen molar-refractivity contribution in [3.63, 3.8) is 0 Å². The molecule has 0 atom stereocenters. The second-order valence-corrected chi connectivity index (χ2v) is 9.90. The Labute approximate surface area is 190 Å². The number of hydrogen-bond acceptors (Lipinski definition) is 6. The molecule has 1 N–H and O–H groups in total. The average molecular weight is 473 g/mol. The van der Waals surface area contributed by atoms with Gasteiger partial charge in [-0.05, 0) is 36.8 Å². The summed E-state index contributed by atoms with van der Waals surface area (Å²) < 4.78 is 33.9. The monoisotopic (exact) mass is 472 g/mol. The average Bonchev–Trinajstić information content (AvgIpc) is 3.07. The zero-order valence-electron chi connectivity index (χ0n) is 18.5. The van der Waals surface area contributed by atoms with Gasteiger partial charge in [-0.1, -0.05) is 6.07 Å². The van der Waals surface area contributed by atoms with Crippen LogP contribution in [0.1, 0.15) is 22.8 Å². The normalized spacial score (nSPS) is 15.1. The molecule has 1 aliphatic heterocycles. The topological polar surface area (TPSA) is 122 Å². The molecular weight excluding hydrogens is 448 g/mol. The first-order valence-electron chi connectivity index (χ1n) is 10.3. The number of carbonyl (C=O) groups is 2. The molecule has 1 aliphatic rings. The quantitative estimate of drug-likeness (QED) is 0.615. The molecule has 10 nitrogen and oxygen atoms in total. The number of anilines is 1. The van der Waals surface area contributed by atoms with E-state index in [-0.39, 0.29) is 48.5 Å². The van der Waals surface area contributed by atoms with Crippen LogP contribution in [0.2, 0.25) is 0 Å². The van der Waals surface area contributed by atoms with E-state index in [1.165, 1.54) is 34.0 Å². The van der Waals surface area contributed by atoms with Gasteiger partial charge in [-0.25, -0.2) is 13.2 Å². The molecule has 0 unspecified atom stereocenters. The lowest BCUT2D eigenvalue weighted by atomic mass is 10.1. The van der Waals surface area contributed by atoms with Crippen LogP contribution in [0.3, 0.4) is 0 Å². The number of aryl methyl sites for hydroxylation is 2. The molecule has 1 fully saturated rings. The predicted octanol–water partition coefficient (Wildman–Crippen LogP) is 1.55. The van der Waals surface area contributed by atoms with E-state index < -0.39 is 15.8 Å². The number of aromatic nitrogens is 1. The van der Waals surface area contributed by atoms with Crippen LogP contribution in [0.4, 0.5) is 5.69 Å². The third-order valence-electron chi connectivity index (χ3n) is 5.72. The first-order valence-corrected chi connectivity index (χ1v) is 11.8. The Morgan fingerprint density at radius 3 is 2.39 bits per heavy atom. The van der Waals surface area contributed by atoms with Gasteiger partial charge in [0.05, 0.1) is 10.4 Å². The SMILES string of the molecule is CC(=O)Nc1cc(C(=O)N2CCN(S(=O)(=O)c3ccc4c(c3)oc(=O)n4C)CC2)ccc1C. The fraction of sp³-hybridized carbons (Fsp3) is 0.318. The summed E-state index contributed by atoms with van der Waals surface area (Å²) >= 11 is 0. The summed E-state index contributed by atoms with van der Waals surface area (Å²) in [5, 5.41) is 2.71. The highest BCUT2D eigenvalue weighted by Crippen LogP contribution is 2.23. The molecule has 2 aromatic carbocycles. The second kappa shape index (κ2) is 8.49. The molecular formula is C22H24N4O6S. The lowest BCUT2D eigenvalue weighted by Crippen LogP contribution is -2.50. The van der Waals surface area contributed by atoms with Crippen LogP contribution in [0.15, 0.2) is 50.5 Å². The summed E-state index contributed by atoms with van der Waals surface area (Å²) in [6.45, 7) is 3.95. The summed E-state index contributed by atoms with van der Waals surface area (Å²) in [4.78, 5) is 37.7. The summed E-state index contributed by atoms with van der Waals surface area (Å²) in [5.41, 5.74) is 2.53. The van der Waals surface area contributed by atoms with Crippen LogP contribution in [-0.4, -0.2) is 60.2 Å². The Kier molecular flexibility index (Phi) is 5.85. The predicted molar refractivity (Wildman–Crippen MR) is 122 cm³/mol. The number of fused-ring (bicyclic) bond motifs is 1. The highest BCUT2D eigenvalue weighted by atomic mass is 32.2. The number of carbonyl (C=O) groups excluding carboxylic acids is 2. The molecule has 174 valence electrons. The molecule has 11 heteroatoms. The standard InChI is InChI=1S/C22H24N4O6S/c1-14-4-5-16(12-18(14)23-15(2)27)21(28)25-8-10-26(11-9-25)33(30,31)17-6-7-19-20(13-17)32-22(29)24(19)3/h4-7,12-13H,8-11H2,1-3H3,(H,23,27). The molecule has 0 spiro atoms. The number of piperazine rings is 1. The molecule has 1 aromatic heterocycles. The van der Waals surface area contributed by atoms with Gasteiger partial charge in [-0.15, -0.1) is 0 Å². The van der Waals surface area contributed by atoms with E-state index >= 15 is 0 Å². The van der Waals surface area contributed by atoms with Crippen LogP contribution in [0.5, 0.6) is 0 Å². The van der Waals surface area contributed by atoms with Gasteiger partial charge in [0.15, 0.2) is 5.58 Å². The number of benzene rings is 2. The summed E-state index contributed by atoms with van der Waals surface area (Å²) in [6.07, 6.45) is 0. The van der Waals surface area contributed by atoms with Gasteiger partial charge in [0.1, 0.15) is 0 Å². The summed E-state index contributed by atoms with van der Waals surface area (Å²) in [5.74, 6) is -1.02. The fourth-order valence-electron chi connectivity index (χ4n) is 3.82. The number of amides is 2. The van der Waals surface area contributed by atoms with E-state index in [9.17, 15) is 22.8 Å². The van der Waals surface area contributed by atoms with E-state index in [1.807, 2.05) is 6.92 Å². The van der Waals surface area contributed by atoms with Crippen LogP contribution < -0.4 is 11.1 Å². The second-order valence-electron chi connectivity index (χ2n) is 7.96. The first-order chi connectivity index (χ1) is 15.6.